The Morgan fingerprint density at radius 3 is 2.04 bits per heavy atom. The van der Waals surface area contributed by atoms with Crippen LogP contribution in [0.25, 0.3) is 0 Å². The number of amides is 1. The summed E-state index contributed by atoms with van der Waals surface area (Å²) in [6.45, 7) is 1.26. The fourth-order valence-electron chi connectivity index (χ4n) is 2.34. The summed E-state index contributed by atoms with van der Waals surface area (Å²) in [5.74, 6) is -0.360. The van der Waals surface area contributed by atoms with Crippen molar-refractivity contribution in [2.24, 2.45) is 0 Å². The number of nitro groups is 2. The molecule has 1 aromatic carbocycles. The van der Waals surface area contributed by atoms with Crippen LogP contribution in [0.2, 0.25) is 0 Å². The number of nitro benzene ring substituents is 2. The number of anilines is 1. The molecule has 0 spiro atoms. The highest BCUT2D eigenvalue weighted by molar-refractivity contribution is 6.18. The van der Waals surface area contributed by atoms with E-state index >= 15 is 0 Å². The fourth-order valence-corrected chi connectivity index (χ4v) is 2.75. The molecule has 1 amide bonds. The molecule has 0 bridgehead atoms. The monoisotopic (exact) mass is 421 g/mol. The van der Waals surface area contributed by atoms with Crippen LogP contribution >= 0.6 is 23.2 Å². The van der Waals surface area contributed by atoms with Crippen molar-refractivity contribution in [3.8, 4) is 0 Å². The molecule has 0 unspecified atom stereocenters. The van der Waals surface area contributed by atoms with Gasteiger partial charge in [-0.1, -0.05) is 0 Å². The van der Waals surface area contributed by atoms with Crippen LogP contribution in [0.3, 0.4) is 0 Å². The van der Waals surface area contributed by atoms with Crippen molar-refractivity contribution in [1.29, 1.82) is 0 Å². The molecule has 12 heteroatoms. The van der Waals surface area contributed by atoms with Gasteiger partial charge in [-0.3, -0.25) is 25.0 Å². The zero-order valence-corrected chi connectivity index (χ0v) is 16.5. The topological polar surface area (TPSA) is 122 Å². The van der Waals surface area contributed by atoms with E-state index in [1.807, 2.05) is 19.0 Å². The van der Waals surface area contributed by atoms with E-state index in [0.717, 1.165) is 12.1 Å². The molecule has 1 N–H and O–H groups in total. The summed E-state index contributed by atoms with van der Waals surface area (Å²) in [6.07, 6.45) is 0. The number of alkyl halides is 2. The van der Waals surface area contributed by atoms with Crippen molar-refractivity contribution < 1.29 is 14.6 Å². The van der Waals surface area contributed by atoms with Gasteiger partial charge >= 0.3 is 0 Å². The molecule has 0 aliphatic carbocycles. The maximum atomic E-state index is 12.4. The van der Waals surface area contributed by atoms with Gasteiger partial charge in [0.15, 0.2) is 0 Å². The quantitative estimate of drug-likeness (QED) is 0.329. The normalized spacial score (nSPS) is 10.7. The van der Waals surface area contributed by atoms with Crippen LogP contribution in [0, 0.1) is 20.2 Å². The summed E-state index contributed by atoms with van der Waals surface area (Å²) in [7, 11) is 3.63. The highest BCUT2D eigenvalue weighted by atomic mass is 35.5. The van der Waals surface area contributed by atoms with E-state index in [4.69, 9.17) is 23.2 Å². The van der Waals surface area contributed by atoms with Gasteiger partial charge in [0.2, 0.25) is 0 Å². The molecule has 0 saturated heterocycles. The van der Waals surface area contributed by atoms with Gasteiger partial charge in [0.05, 0.1) is 15.9 Å². The van der Waals surface area contributed by atoms with Gasteiger partial charge < -0.3 is 15.1 Å². The van der Waals surface area contributed by atoms with Crippen LogP contribution in [-0.4, -0.2) is 72.7 Å². The van der Waals surface area contributed by atoms with Gasteiger partial charge in [0.25, 0.3) is 17.3 Å². The molecule has 27 heavy (non-hydrogen) atoms. The minimum absolute atomic E-state index is 0.0599. The predicted molar refractivity (Wildman–Crippen MR) is 104 cm³/mol. The average molecular weight is 422 g/mol. The summed E-state index contributed by atoms with van der Waals surface area (Å²) in [6, 6.07) is 1.95. The van der Waals surface area contributed by atoms with Gasteiger partial charge in [-0.05, 0) is 20.2 Å². The van der Waals surface area contributed by atoms with Gasteiger partial charge in [-0.15, -0.1) is 23.2 Å². The summed E-state index contributed by atoms with van der Waals surface area (Å²) >= 11 is 11.5. The highest BCUT2D eigenvalue weighted by Gasteiger charge is 2.30. The number of hydrogen-bond donors (Lipinski definition) is 1. The zero-order valence-electron chi connectivity index (χ0n) is 15.0. The molecule has 1 aromatic rings. The molecule has 0 aliphatic rings. The molecule has 0 saturated carbocycles. The van der Waals surface area contributed by atoms with E-state index in [9.17, 15) is 25.0 Å². The summed E-state index contributed by atoms with van der Waals surface area (Å²) in [5, 5.41) is 25.4. The van der Waals surface area contributed by atoms with Crippen molar-refractivity contribution >= 4 is 46.2 Å². The molecule has 0 heterocycles. The Balaban J connectivity index is 3.42. The lowest BCUT2D eigenvalue weighted by molar-refractivity contribution is -0.393. The van der Waals surface area contributed by atoms with Crippen molar-refractivity contribution in [3.05, 3.63) is 37.9 Å². The first-order valence-electron chi connectivity index (χ1n) is 7.99. The van der Waals surface area contributed by atoms with Crippen LogP contribution in [0.15, 0.2) is 12.1 Å². The Morgan fingerprint density at radius 1 is 1.04 bits per heavy atom. The Bertz CT molecular complexity index is 695. The number of hydrogen-bond acceptors (Lipinski definition) is 7. The van der Waals surface area contributed by atoms with Crippen LogP contribution in [0.4, 0.5) is 17.1 Å². The third kappa shape index (κ3) is 6.49. The van der Waals surface area contributed by atoms with E-state index in [-0.39, 0.29) is 42.6 Å². The second-order valence-corrected chi connectivity index (χ2v) is 6.55. The van der Waals surface area contributed by atoms with Gasteiger partial charge in [0, 0.05) is 37.9 Å². The third-order valence-corrected chi connectivity index (χ3v) is 3.96. The number of halogens is 2. The van der Waals surface area contributed by atoms with Crippen LogP contribution in [0.5, 0.6) is 0 Å². The molecular weight excluding hydrogens is 401 g/mol. The van der Waals surface area contributed by atoms with Crippen LogP contribution in [0.1, 0.15) is 10.4 Å². The summed E-state index contributed by atoms with van der Waals surface area (Å²) < 4.78 is 0. The van der Waals surface area contributed by atoms with E-state index in [2.05, 4.69) is 5.32 Å². The van der Waals surface area contributed by atoms with Crippen molar-refractivity contribution in [2.75, 3.05) is 56.9 Å². The largest absolute Gasteiger partial charge is 0.364 e. The van der Waals surface area contributed by atoms with E-state index in [0.29, 0.717) is 6.54 Å². The Hall–Kier alpha value is -2.17. The maximum absolute atomic E-state index is 12.4. The summed E-state index contributed by atoms with van der Waals surface area (Å²) in [4.78, 5) is 37.0. The minimum Gasteiger partial charge on any atom is -0.364 e. The SMILES string of the molecule is CN(C)CCNC(=O)c1cc(N(CCCl)CCCl)c([N+](=O)[O-])cc1[N+](=O)[O-]. The second kappa shape index (κ2) is 10.9. The average Bonchev–Trinajstić information content (AvgIpc) is 2.59. The zero-order chi connectivity index (χ0) is 20.6. The molecule has 0 atom stereocenters. The first-order chi connectivity index (χ1) is 12.7. The van der Waals surface area contributed by atoms with Crippen LogP contribution in [-0.2, 0) is 0 Å². The molecule has 0 fully saturated rings. The number of nitrogens with zero attached hydrogens (tertiary/aromatic N) is 4. The molecular formula is C15H21Cl2N5O5. The van der Waals surface area contributed by atoms with Crippen molar-refractivity contribution in [3.63, 3.8) is 0 Å². The lowest BCUT2D eigenvalue weighted by atomic mass is 10.1. The lowest BCUT2D eigenvalue weighted by Gasteiger charge is -2.23. The summed E-state index contributed by atoms with van der Waals surface area (Å²) in [5.41, 5.74) is -1.32. The molecule has 10 nitrogen and oxygen atoms in total. The smallest absolute Gasteiger partial charge is 0.299 e. The lowest BCUT2D eigenvalue weighted by Crippen LogP contribution is -2.32. The first-order valence-corrected chi connectivity index (χ1v) is 9.06. The van der Waals surface area contributed by atoms with Gasteiger partial charge in [-0.2, -0.15) is 0 Å². The van der Waals surface area contributed by atoms with E-state index in [1.165, 1.54) is 4.90 Å². The predicted octanol–water partition coefficient (Wildman–Crippen LogP) is 2.08. The molecule has 0 aromatic heterocycles. The standard InChI is InChI=1S/C15H21Cl2N5O5/c1-19(2)8-5-18-15(23)11-9-13(20(6-3-16)7-4-17)14(22(26)27)10-12(11)21(24)25/h9-10H,3-8H2,1-2H3,(H,18,23). The maximum Gasteiger partial charge on any atom is 0.299 e. The van der Waals surface area contributed by atoms with E-state index < -0.39 is 27.1 Å². The van der Waals surface area contributed by atoms with Gasteiger partial charge in [0.1, 0.15) is 11.3 Å². The van der Waals surface area contributed by atoms with Gasteiger partial charge in [-0.25, -0.2) is 0 Å². The molecule has 0 radical (unpaired) electrons. The minimum atomic E-state index is -0.814. The number of carbonyl (C=O) groups is 1. The number of carbonyl (C=O) groups excluding carboxylic acids is 1. The number of likely N-dealkylation sites (N-methyl/N-ethyl adjacent to an activating group) is 1. The number of rotatable bonds is 11. The molecule has 0 aliphatic heterocycles. The number of nitrogens with one attached hydrogen (secondary N) is 1. The van der Waals surface area contributed by atoms with Crippen LogP contribution < -0.4 is 10.2 Å². The van der Waals surface area contributed by atoms with E-state index in [1.54, 1.807) is 0 Å². The Kier molecular flexibility index (Phi) is 9.19. The van der Waals surface area contributed by atoms with Crippen molar-refractivity contribution in [2.45, 2.75) is 0 Å². The number of benzene rings is 1. The first kappa shape index (κ1) is 22.9. The third-order valence-electron chi connectivity index (χ3n) is 3.63. The Labute approximate surface area is 166 Å². The molecule has 150 valence electrons. The molecule has 1 rings (SSSR count). The fraction of sp³-hybridized carbons (Fsp3) is 0.533. The van der Waals surface area contributed by atoms with Crippen molar-refractivity contribution in [1.82, 2.24) is 10.2 Å². The highest BCUT2D eigenvalue weighted by Crippen LogP contribution is 2.35. The second-order valence-electron chi connectivity index (χ2n) is 5.80. The Morgan fingerprint density at radius 2 is 1.59 bits per heavy atom.